The molecule has 202 valence electrons. The highest BCUT2D eigenvalue weighted by Gasteiger charge is 2.76. The first-order valence-corrected chi connectivity index (χ1v) is 14.5. The highest BCUT2D eigenvalue weighted by molar-refractivity contribution is 8.02. The van der Waals surface area contributed by atoms with Crippen LogP contribution in [0.2, 0.25) is 0 Å². The average molecular weight is 521 g/mol. The molecule has 36 heavy (non-hydrogen) atoms. The highest BCUT2D eigenvalue weighted by atomic mass is 32.2. The molecular weight excluding hydrogens is 476 g/mol. The molecule has 3 aliphatic heterocycles. The van der Waals surface area contributed by atoms with Crippen molar-refractivity contribution in [3.05, 3.63) is 25.3 Å². The predicted octanol–water partition coefficient (Wildman–Crippen LogP) is 3.81. The van der Waals surface area contributed by atoms with Crippen LogP contribution >= 0.6 is 11.8 Å². The van der Waals surface area contributed by atoms with Crippen LogP contribution in [0.25, 0.3) is 0 Å². The van der Waals surface area contributed by atoms with Gasteiger partial charge in [-0.3, -0.25) is 14.4 Å². The number of aliphatic hydroxyl groups excluding tert-OH is 1. The standard InChI is InChI=1S/C28H44N2O5S/c1-6-9-10-11-17-35-27(34)22-21-18-19(4)28(36-21)23(22)25(32)30(15-12-16-31)24(28)26(33)29(14-8-3)20(5)13-7-2/h6,8,19-24,31H,1,3,7,9-18H2,2,4-5H3/t19?,20?,21-,22+,23+,24?,28?/m1/s1. The van der Waals surface area contributed by atoms with Crippen molar-refractivity contribution in [2.45, 2.75) is 87.8 Å². The maximum Gasteiger partial charge on any atom is 0.310 e. The molecule has 0 aromatic rings. The lowest BCUT2D eigenvalue weighted by Gasteiger charge is -2.41. The van der Waals surface area contributed by atoms with Gasteiger partial charge < -0.3 is 19.6 Å². The number of fused-ring (bicyclic) bond motifs is 1. The van der Waals surface area contributed by atoms with Gasteiger partial charge in [0.1, 0.15) is 6.04 Å². The van der Waals surface area contributed by atoms with Gasteiger partial charge in [0.2, 0.25) is 11.8 Å². The zero-order valence-corrected chi connectivity index (χ0v) is 23.0. The monoisotopic (exact) mass is 520 g/mol. The second-order valence-electron chi connectivity index (χ2n) is 10.5. The number of unbranched alkanes of at least 4 members (excludes halogenated alkanes) is 2. The van der Waals surface area contributed by atoms with E-state index in [4.69, 9.17) is 4.74 Å². The minimum absolute atomic E-state index is 0.0148. The molecule has 3 rings (SSSR count). The van der Waals surface area contributed by atoms with Crippen molar-refractivity contribution in [2.75, 3.05) is 26.3 Å². The number of carbonyl (C=O) groups excluding carboxylic acids is 3. The lowest BCUT2D eigenvalue weighted by Crippen LogP contribution is -2.58. The molecule has 3 saturated heterocycles. The quantitative estimate of drug-likeness (QED) is 0.201. The molecule has 1 spiro atoms. The topological polar surface area (TPSA) is 87.1 Å². The lowest BCUT2D eigenvalue weighted by atomic mass is 9.66. The van der Waals surface area contributed by atoms with Gasteiger partial charge in [0.05, 0.1) is 23.2 Å². The first-order valence-electron chi connectivity index (χ1n) is 13.6. The molecule has 0 saturated carbocycles. The Hall–Kier alpha value is -1.80. The van der Waals surface area contributed by atoms with Gasteiger partial charge in [-0.15, -0.1) is 24.9 Å². The summed E-state index contributed by atoms with van der Waals surface area (Å²) < 4.78 is 5.02. The van der Waals surface area contributed by atoms with E-state index in [9.17, 15) is 19.5 Å². The Morgan fingerprint density at radius 1 is 1.31 bits per heavy atom. The largest absolute Gasteiger partial charge is 0.465 e. The molecule has 3 aliphatic rings. The highest BCUT2D eigenvalue weighted by Crippen LogP contribution is 2.68. The van der Waals surface area contributed by atoms with Crippen molar-refractivity contribution in [2.24, 2.45) is 17.8 Å². The first-order chi connectivity index (χ1) is 17.3. The van der Waals surface area contributed by atoms with Crippen molar-refractivity contribution >= 4 is 29.5 Å². The van der Waals surface area contributed by atoms with E-state index in [2.05, 4.69) is 27.0 Å². The number of allylic oxidation sites excluding steroid dienone is 1. The minimum atomic E-state index is -0.661. The number of nitrogens with zero attached hydrogens (tertiary/aromatic N) is 2. The molecule has 2 amide bonds. The van der Waals surface area contributed by atoms with Gasteiger partial charge in [0.25, 0.3) is 0 Å². The molecule has 0 radical (unpaired) electrons. The second-order valence-corrected chi connectivity index (χ2v) is 12.1. The number of rotatable bonds is 15. The summed E-state index contributed by atoms with van der Waals surface area (Å²) >= 11 is 1.67. The minimum Gasteiger partial charge on any atom is -0.465 e. The Kier molecular flexibility index (Phi) is 10.1. The Labute approximate surface area is 220 Å². The van der Waals surface area contributed by atoms with Crippen molar-refractivity contribution in [1.82, 2.24) is 9.80 Å². The lowest BCUT2D eigenvalue weighted by molar-refractivity contribution is -0.154. The van der Waals surface area contributed by atoms with E-state index < -0.39 is 22.6 Å². The van der Waals surface area contributed by atoms with E-state index in [0.29, 0.717) is 26.1 Å². The number of hydrogen-bond acceptors (Lipinski definition) is 6. The van der Waals surface area contributed by atoms with E-state index >= 15 is 0 Å². The zero-order valence-electron chi connectivity index (χ0n) is 22.2. The smallest absolute Gasteiger partial charge is 0.310 e. The van der Waals surface area contributed by atoms with Crippen LogP contribution in [0.3, 0.4) is 0 Å². The van der Waals surface area contributed by atoms with E-state index in [1.165, 1.54) is 0 Å². The number of ether oxygens (including phenoxy) is 1. The van der Waals surface area contributed by atoms with Gasteiger partial charge in [-0.25, -0.2) is 0 Å². The summed E-state index contributed by atoms with van der Waals surface area (Å²) in [5.41, 5.74) is 0. The van der Waals surface area contributed by atoms with E-state index in [-0.39, 0.29) is 41.6 Å². The third-order valence-electron chi connectivity index (χ3n) is 8.20. The second kappa shape index (κ2) is 12.6. The summed E-state index contributed by atoms with van der Waals surface area (Å²) in [4.78, 5) is 45.1. The first kappa shape index (κ1) is 28.8. The maximum absolute atomic E-state index is 14.3. The average Bonchev–Trinajstić information content (AvgIpc) is 3.44. The number of likely N-dealkylation sites (tertiary alicyclic amines) is 1. The van der Waals surface area contributed by atoms with Gasteiger partial charge in [0, 0.05) is 31.0 Å². The van der Waals surface area contributed by atoms with Crippen LogP contribution in [-0.2, 0) is 19.1 Å². The normalized spacial score (nSPS) is 31.3. The van der Waals surface area contributed by atoms with Crippen LogP contribution < -0.4 is 0 Å². The molecule has 1 N–H and O–H groups in total. The molecule has 7 nitrogen and oxygen atoms in total. The molecule has 7 atom stereocenters. The van der Waals surface area contributed by atoms with Gasteiger partial charge in [-0.1, -0.05) is 32.4 Å². The summed E-state index contributed by atoms with van der Waals surface area (Å²) in [7, 11) is 0. The van der Waals surface area contributed by atoms with E-state index in [1.807, 2.05) is 17.9 Å². The third-order valence-corrected chi connectivity index (χ3v) is 10.3. The SMILES string of the molecule is C=CCCCCOC(=O)[C@@H]1[C@H]2C(=O)N(CCCO)C(C(=O)N(CC=C)C(C)CCC)C23S[C@@H]1CC3C. The Morgan fingerprint density at radius 3 is 2.69 bits per heavy atom. The summed E-state index contributed by atoms with van der Waals surface area (Å²) in [5.74, 6) is -1.51. The Balaban J connectivity index is 1.94. The van der Waals surface area contributed by atoms with Crippen molar-refractivity contribution in [3.8, 4) is 0 Å². The van der Waals surface area contributed by atoms with Crippen LogP contribution in [0.4, 0.5) is 0 Å². The third kappa shape index (κ3) is 5.13. The van der Waals surface area contributed by atoms with Crippen LogP contribution in [0.15, 0.2) is 25.3 Å². The molecule has 2 bridgehead atoms. The molecule has 0 aromatic heterocycles. The summed E-state index contributed by atoms with van der Waals surface area (Å²) in [6, 6.07) is -0.642. The van der Waals surface area contributed by atoms with Crippen LogP contribution in [0.5, 0.6) is 0 Å². The number of amides is 2. The van der Waals surface area contributed by atoms with Crippen LogP contribution in [0.1, 0.15) is 65.7 Å². The summed E-state index contributed by atoms with van der Waals surface area (Å²) in [5, 5.41) is 9.52. The Morgan fingerprint density at radius 2 is 2.06 bits per heavy atom. The molecule has 0 aliphatic carbocycles. The zero-order chi connectivity index (χ0) is 26.5. The van der Waals surface area contributed by atoms with Gasteiger partial charge in [-0.2, -0.15) is 0 Å². The fraction of sp³-hybridized carbons (Fsp3) is 0.750. The summed E-state index contributed by atoms with van der Waals surface area (Å²) in [6.07, 6.45) is 9.12. The number of thioether (sulfide) groups is 1. The van der Waals surface area contributed by atoms with Gasteiger partial charge in [-0.05, 0) is 51.4 Å². The number of aliphatic hydroxyl groups is 1. The molecule has 0 aromatic carbocycles. The number of hydrogen-bond donors (Lipinski definition) is 1. The fourth-order valence-electron chi connectivity index (χ4n) is 6.57. The van der Waals surface area contributed by atoms with Crippen molar-refractivity contribution < 1.29 is 24.2 Å². The van der Waals surface area contributed by atoms with E-state index in [0.717, 1.165) is 38.5 Å². The van der Waals surface area contributed by atoms with Gasteiger partial charge >= 0.3 is 5.97 Å². The Bertz CT molecular complexity index is 835. The maximum atomic E-state index is 14.3. The predicted molar refractivity (Wildman–Crippen MR) is 143 cm³/mol. The molecule has 3 heterocycles. The molecule has 4 unspecified atom stereocenters. The molecule has 8 heteroatoms. The van der Waals surface area contributed by atoms with Crippen molar-refractivity contribution in [1.29, 1.82) is 0 Å². The van der Waals surface area contributed by atoms with Gasteiger partial charge in [0.15, 0.2) is 0 Å². The van der Waals surface area contributed by atoms with Crippen LogP contribution in [-0.4, -0.2) is 81.1 Å². The fourth-order valence-corrected chi connectivity index (χ4v) is 8.97. The van der Waals surface area contributed by atoms with Crippen LogP contribution in [0, 0.1) is 17.8 Å². The summed E-state index contributed by atoms with van der Waals surface area (Å²) in [6.45, 7) is 14.8. The van der Waals surface area contributed by atoms with E-state index in [1.54, 1.807) is 22.7 Å². The molecule has 3 fully saturated rings. The van der Waals surface area contributed by atoms with Crippen molar-refractivity contribution in [3.63, 3.8) is 0 Å². The number of carbonyl (C=O) groups is 3. The number of esters is 1. The molecular formula is C28H44N2O5S.